The second-order valence-electron chi connectivity index (χ2n) is 13.6. The van der Waals surface area contributed by atoms with E-state index in [0.29, 0.717) is 6.04 Å². The fourth-order valence-corrected chi connectivity index (χ4v) is 9.21. The summed E-state index contributed by atoms with van der Waals surface area (Å²) in [5.41, 5.74) is 7.56. The van der Waals surface area contributed by atoms with Crippen molar-refractivity contribution in [3.8, 4) is 0 Å². The van der Waals surface area contributed by atoms with Gasteiger partial charge in [-0.3, -0.25) is 9.80 Å². The summed E-state index contributed by atoms with van der Waals surface area (Å²) in [4.78, 5) is 5.69. The van der Waals surface area contributed by atoms with Crippen LogP contribution < -0.4 is 0 Å². The lowest BCUT2D eigenvalue weighted by Gasteiger charge is -2.73. The fraction of sp³-hybridized carbons (Fsp3) is 0.500. The van der Waals surface area contributed by atoms with E-state index in [2.05, 4.69) is 95.6 Å². The molecule has 3 aliphatic carbocycles. The maximum Gasteiger partial charge on any atom is 0.0938 e. The molecule has 1 unspecified atom stereocenters. The molecule has 3 saturated heterocycles. The molecule has 0 aromatic heterocycles. The number of hydrogen-bond acceptors (Lipinski definition) is 3. The number of hydrogen-bond donors (Lipinski definition) is 0. The van der Waals surface area contributed by atoms with Crippen LogP contribution in [0.15, 0.2) is 78.9 Å². The van der Waals surface area contributed by atoms with Crippen LogP contribution in [0.5, 0.6) is 0 Å². The molecule has 3 nitrogen and oxygen atoms in total. The largest absolute Gasteiger partial charge is 0.370 e. The smallest absolute Gasteiger partial charge is 0.0938 e. The molecule has 39 heavy (non-hydrogen) atoms. The molecule has 4 atom stereocenters. The Morgan fingerprint density at radius 3 is 2.23 bits per heavy atom. The first-order valence-electron chi connectivity index (χ1n) is 15.4. The zero-order valence-electron chi connectivity index (χ0n) is 23.4. The quantitative estimate of drug-likeness (QED) is 0.348. The minimum Gasteiger partial charge on any atom is -0.370 e. The van der Waals surface area contributed by atoms with Gasteiger partial charge in [0.05, 0.1) is 12.2 Å². The summed E-state index contributed by atoms with van der Waals surface area (Å²) in [7, 11) is 0. The molecule has 3 aromatic rings. The second kappa shape index (κ2) is 9.03. The lowest BCUT2D eigenvalue weighted by atomic mass is 9.45. The molecule has 4 bridgehead atoms. The summed E-state index contributed by atoms with van der Waals surface area (Å²) in [5, 5.41) is 0. The molecule has 6 aliphatic rings. The number of likely N-dealkylation sites (tertiary alicyclic amines) is 1. The van der Waals surface area contributed by atoms with Gasteiger partial charge in [-0.2, -0.15) is 0 Å². The summed E-state index contributed by atoms with van der Waals surface area (Å²) in [5.74, 6) is 0.923. The van der Waals surface area contributed by atoms with Gasteiger partial charge in [-0.15, -0.1) is 0 Å². The minimum atomic E-state index is -0.0339. The Labute approximate surface area is 234 Å². The Morgan fingerprint density at radius 1 is 0.872 bits per heavy atom. The molecule has 2 saturated carbocycles. The fourth-order valence-electron chi connectivity index (χ4n) is 9.21. The van der Waals surface area contributed by atoms with Crippen LogP contribution in [-0.2, 0) is 29.7 Å². The van der Waals surface area contributed by atoms with E-state index in [4.69, 9.17) is 4.74 Å². The van der Waals surface area contributed by atoms with Crippen LogP contribution in [0.2, 0.25) is 0 Å². The Bertz CT molecular complexity index is 1300. The zero-order chi connectivity index (χ0) is 26.1. The lowest BCUT2D eigenvalue weighted by Crippen LogP contribution is -2.81. The Kier molecular flexibility index (Phi) is 5.63. The van der Waals surface area contributed by atoms with Crippen molar-refractivity contribution in [3.63, 3.8) is 0 Å². The second-order valence-corrected chi connectivity index (χ2v) is 13.6. The molecule has 5 fully saturated rings. The van der Waals surface area contributed by atoms with Crippen LogP contribution in [0, 0.1) is 12.8 Å². The highest BCUT2D eigenvalue weighted by atomic mass is 16.5. The molecule has 0 radical (unpaired) electrons. The van der Waals surface area contributed by atoms with Crippen LogP contribution in [0.3, 0.4) is 0 Å². The van der Waals surface area contributed by atoms with E-state index < -0.39 is 0 Å². The first kappa shape index (κ1) is 24.3. The predicted octanol–water partition coefficient (Wildman–Crippen LogP) is 6.67. The number of nitrogens with zero attached hydrogens (tertiary/aromatic N) is 2. The lowest BCUT2D eigenvalue weighted by molar-refractivity contribution is -0.283. The van der Waals surface area contributed by atoms with Gasteiger partial charge < -0.3 is 4.74 Å². The van der Waals surface area contributed by atoms with E-state index in [1.54, 1.807) is 11.1 Å². The molecule has 0 amide bonds. The Morgan fingerprint density at radius 2 is 1.59 bits per heavy atom. The third-order valence-electron chi connectivity index (χ3n) is 11.3. The third-order valence-corrected chi connectivity index (χ3v) is 11.3. The van der Waals surface area contributed by atoms with E-state index in [1.807, 2.05) is 0 Å². The zero-order valence-corrected chi connectivity index (χ0v) is 23.4. The number of benzene rings is 3. The normalized spacial score (nSPS) is 33.1. The van der Waals surface area contributed by atoms with E-state index in [-0.39, 0.29) is 16.6 Å². The van der Waals surface area contributed by atoms with Crippen molar-refractivity contribution in [2.24, 2.45) is 5.92 Å². The van der Waals surface area contributed by atoms with Crippen molar-refractivity contribution in [1.82, 2.24) is 9.80 Å². The van der Waals surface area contributed by atoms with Gasteiger partial charge in [0, 0.05) is 36.6 Å². The summed E-state index contributed by atoms with van der Waals surface area (Å²) in [6.07, 6.45) is 8.90. The highest BCUT2D eigenvalue weighted by Crippen LogP contribution is 2.66. The average molecular weight is 519 g/mol. The number of ether oxygens (including phenoxy) is 1. The van der Waals surface area contributed by atoms with Gasteiger partial charge in [-0.25, -0.2) is 0 Å². The summed E-state index contributed by atoms with van der Waals surface area (Å²) in [6, 6.07) is 30.1. The SMILES string of the molecule is Cc1ccc2c(c1)[C@]13CCN(CC4CC4)[C@H](C2)[C@]12CCC(N(Cc1ccccc1)Cc1ccccc1)(CO2)C3. The van der Waals surface area contributed by atoms with E-state index in [1.165, 1.54) is 68.3 Å². The van der Waals surface area contributed by atoms with Gasteiger partial charge in [0.15, 0.2) is 0 Å². The van der Waals surface area contributed by atoms with E-state index >= 15 is 0 Å². The highest BCUT2D eigenvalue weighted by molar-refractivity contribution is 5.49. The molecular weight excluding hydrogens is 476 g/mol. The number of aryl methyl sites for hydroxylation is 1. The van der Waals surface area contributed by atoms with E-state index in [0.717, 1.165) is 32.0 Å². The molecule has 202 valence electrons. The maximum absolute atomic E-state index is 7.43. The molecule has 3 aromatic carbocycles. The van der Waals surface area contributed by atoms with Crippen LogP contribution in [0.4, 0.5) is 0 Å². The van der Waals surface area contributed by atoms with Gasteiger partial charge in [0.1, 0.15) is 0 Å². The van der Waals surface area contributed by atoms with Gasteiger partial charge in [-0.05, 0) is 86.6 Å². The van der Waals surface area contributed by atoms with Gasteiger partial charge in [0.25, 0.3) is 0 Å². The molecule has 3 heterocycles. The number of rotatable bonds is 7. The molecular formula is C36H42N2O. The topological polar surface area (TPSA) is 15.7 Å². The number of fused-ring (bicyclic) bond motifs is 3. The van der Waals surface area contributed by atoms with Gasteiger partial charge in [-0.1, -0.05) is 84.4 Å². The molecule has 3 heteroatoms. The first-order chi connectivity index (χ1) is 19.1. The van der Waals surface area contributed by atoms with Crippen LogP contribution in [0.1, 0.15) is 66.3 Å². The standard InChI is InChI=1S/C36H42N2O/c1-27-12-15-31-21-33-36-17-16-34(26-39-36,25-35(36,32(31)20-27)18-19-37(33)22-30-13-14-30)38(23-28-8-4-2-5-9-28)24-29-10-6-3-7-11-29/h2-12,15,20,30,33H,13-14,16-19,21-26H2,1H3/t33-,34?,35-,36-/m1/s1. The monoisotopic (exact) mass is 518 g/mol. The van der Waals surface area contributed by atoms with Crippen molar-refractivity contribution in [1.29, 1.82) is 0 Å². The van der Waals surface area contributed by atoms with Crippen molar-refractivity contribution < 1.29 is 4.74 Å². The molecule has 9 rings (SSSR count). The summed E-state index contributed by atoms with van der Waals surface area (Å²) < 4.78 is 7.43. The summed E-state index contributed by atoms with van der Waals surface area (Å²) in [6.45, 7) is 7.61. The van der Waals surface area contributed by atoms with Crippen molar-refractivity contribution in [3.05, 3.63) is 107 Å². The van der Waals surface area contributed by atoms with Crippen molar-refractivity contribution in [2.75, 3.05) is 19.7 Å². The van der Waals surface area contributed by atoms with Crippen LogP contribution in [0.25, 0.3) is 0 Å². The average Bonchev–Trinajstić information content (AvgIpc) is 3.80. The Hall–Kier alpha value is -2.46. The predicted molar refractivity (Wildman–Crippen MR) is 157 cm³/mol. The molecule has 1 spiro atoms. The van der Waals surface area contributed by atoms with Gasteiger partial charge in [0.2, 0.25) is 0 Å². The molecule has 3 aliphatic heterocycles. The highest BCUT2D eigenvalue weighted by Gasteiger charge is 2.72. The third kappa shape index (κ3) is 3.80. The van der Waals surface area contributed by atoms with Crippen molar-refractivity contribution >= 4 is 0 Å². The first-order valence-corrected chi connectivity index (χ1v) is 15.4. The molecule has 0 N–H and O–H groups in total. The Balaban J connectivity index is 1.22. The van der Waals surface area contributed by atoms with Crippen LogP contribution >= 0.6 is 0 Å². The van der Waals surface area contributed by atoms with E-state index in [9.17, 15) is 0 Å². The van der Waals surface area contributed by atoms with Gasteiger partial charge >= 0.3 is 0 Å². The van der Waals surface area contributed by atoms with Crippen LogP contribution in [-0.4, -0.2) is 46.7 Å². The summed E-state index contributed by atoms with van der Waals surface area (Å²) >= 11 is 0. The van der Waals surface area contributed by atoms with Crippen molar-refractivity contribution in [2.45, 2.75) is 87.6 Å². The number of piperidine rings is 1. The maximum atomic E-state index is 7.43. The minimum absolute atomic E-state index is 0.0339.